The molecule has 3 nitrogen and oxygen atoms in total. The predicted molar refractivity (Wildman–Crippen MR) is 94.2 cm³/mol. The molecule has 0 amide bonds. The second kappa shape index (κ2) is 7.45. The van der Waals surface area contributed by atoms with Crippen molar-refractivity contribution in [2.45, 2.75) is 13.3 Å². The van der Waals surface area contributed by atoms with Crippen molar-refractivity contribution in [2.24, 2.45) is 4.99 Å². The second-order valence-corrected chi connectivity index (χ2v) is 5.44. The Morgan fingerprint density at radius 3 is 2.43 bits per heavy atom. The van der Waals surface area contributed by atoms with Crippen LogP contribution in [0.4, 0.5) is 5.69 Å². The maximum Gasteiger partial charge on any atom is 0.169 e. The highest BCUT2D eigenvalue weighted by Gasteiger charge is 2.06. The van der Waals surface area contributed by atoms with Crippen LogP contribution in [0.3, 0.4) is 0 Å². The van der Waals surface area contributed by atoms with Crippen LogP contribution in [0, 0.1) is 6.92 Å². The van der Waals surface area contributed by atoms with Gasteiger partial charge in [-0.15, -0.1) is 0 Å². The number of furan rings is 1. The van der Waals surface area contributed by atoms with Gasteiger partial charge in [0, 0.05) is 6.54 Å². The molecule has 0 aliphatic carbocycles. The number of nitrogens with one attached hydrogen (secondary N) is 1. The molecule has 0 aliphatic rings. The van der Waals surface area contributed by atoms with Gasteiger partial charge in [0.1, 0.15) is 0 Å². The molecular weight excluding hydrogens is 284 g/mol. The van der Waals surface area contributed by atoms with Crippen molar-refractivity contribution in [1.29, 1.82) is 0 Å². The zero-order valence-electron chi connectivity index (χ0n) is 13.2. The average molecular weight is 304 g/mol. The van der Waals surface area contributed by atoms with E-state index in [9.17, 15) is 0 Å². The van der Waals surface area contributed by atoms with E-state index in [-0.39, 0.29) is 0 Å². The highest BCUT2D eigenvalue weighted by molar-refractivity contribution is 5.97. The number of aliphatic imine (C=N–C) groups is 1. The van der Waals surface area contributed by atoms with Gasteiger partial charge in [-0.1, -0.05) is 48.0 Å². The van der Waals surface area contributed by atoms with E-state index in [1.807, 2.05) is 30.3 Å². The Bertz CT molecular complexity index is 744. The Labute approximate surface area is 136 Å². The van der Waals surface area contributed by atoms with E-state index in [2.05, 4.69) is 53.6 Å². The number of amidine groups is 1. The fourth-order valence-electron chi connectivity index (χ4n) is 2.31. The molecular formula is C20H20N2O. The minimum absolute atomic E-state index is 0.749. The van der Waals surface area contributed by atoms with Crippen molar-refractivity contribution >= 4 is 11.5 Å². The number of rotatable bonds is 5. The first-order valence-electron chi connectivity index (χ1n) is 7.78. The van der Waals surface area contributed by atoms with Crippen LogP contribution in [0.2, 0.25) is 0 Å². The third-order valence-corrected chi connectivity index (χ3v) is 3.58. The van der Waals surface area contributed by atoms with Crippen LogP contribution < -0.4 is 5.32 Å². The molecule has 3 aromatic rings. The zero-order chi connectivity index (χ0) is 15.9. The monoisotopic (exact) mass is 304 g/mol. The molecule has 0 fully saturated rings. The first-order valence-corrected chi connectivity index (χ1v) is 7.78. The molecule has 1 heterocycles. The predicted octanol–water partition coefficient (Wildman–Crippen LogP) is 4.50. The van der Waals surface area contributed by atoms with E-state index in [0.717, 1.165) is 30.2 Å². The van der Waals surface area contributed by atoms with Crippen LogP contribution >= 0.6 is 0 Å². The van der Waals surface area contributed by atoms with E-state index >= 15 is 0 Å². The molecule has 3 heteroatoms. The number of hydrogen-bond donors (Lipinski definition) is 1. The third-order valence-electron chi connectivity index (χ3n) is 3.58. The van der Waals surface area contributed by atoms with Gasteiger partial charge in [0.25, 0.3) is 0 Å². The lowest BCUT2D eigenvalue weighted by molar-refractivity contribution is 0.553. The number of nitrogens with zero attached hydrogens (tertiary/aromatic N) is 1. The molecule has 0 saturated carbocycles. The lowest BCUT2D eigenvalue weighted by atomic mass is 10.1. The Morgan fingerprint density at radius 2 is 1.74 bits per heavy atom. The van der Waals surface area contributed by atoms with E-state index < -0.39 is 0 Å². The van der Waals surface area contributed by atoms with E-state index in [1.165, 1.54) is 11.1 Å². The molecule has 0 spiro atoms. The number of hydrogen-bond acceptors (Lipinski definition) is 2. The molecule has 0 atom stereocenters. The Kier molecular flexibility index (Phi) is 4.89. The summed E-state index contributed by atoms with van der Waals surface area (Å²) in [7, 11) is 0. The molecule has 0 saturated heterocycles. The summed E-state index contributed by atoms with van der Waals surface area (Å²) in [6.45, 7) is 2.87. The summed E-state index contributed by atoms with van der Waals surface area (Å²) in [6, 6.07) is 22.3. The minimum Gasteiger partial charge on any atom is -0.461 e. The second-order valence-electron chi connectivity index (χ2n) is 5.44. The molecule has 0 aliphatic heterocycles. The van der Waals surface area contributed by atoms with Crippen LogP contribution in [0.1, 0.15) is 16.9 Å². The maximum absolute atomic E-state index is 5.50. The summed E-state index contributed by atoms with van der Waals surface area (Å²) < 4.78 is 5.50. The van der Waals surface area contributed by atoms with E-state index in [4.69, 9.17) is 4.42 Å². The fourth-order valence-corrected chi connectivity index (χ4v) is 2.31. The van der Waals surface area contributed by atoms with Gasteiger partial charge < -0.3 is 9.73 Å². The van der Waals surface area contributed by atoms with E-state index in [1.54, 1.807) is 6.26 Å². The van der Waals surface area contributed by atoms with Gasteiger partial charge in [-0.2, -0.15) is 0 Å². The Morgan fingerprint density at radius 1 is 0.957 bits per heavy atom. The van der Waals surface area contributed by atoms with Crippen molar-refractivity contribution in [3.8, 4) is 0 Å². The van der Waals surface area contributed by atoms with Crippen LogP contribution in [0.5, 0.6) is 0 Å². The Balaban J connectivity index is 1.73. The molecule has 0 unspecified atom stereocenters. The highest BCUT2D eigenvalue weighted by Crippen LogP contribution is 2.14. The molecule has 3 rings (SSSR count). The van der Waals surface area contributed by atoms with Crippen molar-refractivity contribution < 1.29 is 4.42 Å². The highest BCUT2D eigenvalue weighted by atomic mass is 16.3. The van der Waals surface area contributed by atoms with Crippen molar-refractivity contribution in [3.05, 3.63) is 89.9 Å². The van der Waals surface area contributed by atoms with Gasteiger partial charge in [0.2, 0.25) is 0 Å². The molecule has 0 radical (unpaired) electrons. The number of benzene rings is 2. The largest absolute Gasteiger partial charge is 0.461 e. The summed E-state index contributed by atoms with van der Waals surface area (Å²) in [4.78, 5) is 4.69. The minimum atomic E-state index is 0.749. The molecule has 23 heavy (non-hydrogen) atoms. The Hall–Kier alpha value is -2.81. The van der Waals surface area contributed by atoms with Gasteiger partial charge in [-0.25, -0.2) is 4.99 Å². The maximum atomic E-state index is 5.50. The van der Waals surface area contributed by atoms with Crippen LogP contribution in [-0.2, 0) is 6.42 Å². The summed E-state index contributed by atoms with van der Waals surface area (Å²) in [5.74, 6) is 1.51. The summed E-state index contributed by atoms with van der Waals surface area (Å²) in [5.41, 5.74) is 3.43. The normalized spacial score (nSPS) is 11.4. The molecule has 116 valence electrons. The first kappa shape index (κ1) is 15.1. The lowest BCUT2D eigenvalue weighted by Crippen LogP contribution is -2.26. The van der Waals surface area contributed by atoms with Crippen molar-refractivity contribution in [3.63, 3.8) is 0 Å². The van der Waals surface area contributed by atoms with E-state index in [0.29, 0.717) is 0 Å². The zero-order valence-corrected chi connectivity index (χ0v) is 13.2. The molecule has 1 aromatic heterocycles. The molecule has 0 bridgehead atoms. The smallest absolute Gasteiger partial charge is 0.169 e. The number of aryl methyl sites for hydroxylation is 1. The quantitative estimate of drug-likeness (QED) is 0.556. The topological polar surface area (TPSA) is 37.5 Å². The molecule has 1 N–H and O–H groups in total. The van der Waals surface area contributed by atoms with Crippen molar-refractivity contribution in [1.82, 2.24) is 5.32 Å². The van der Waals surface area contributed by atoms with Gasteiger partial charge in [0.05, 0.1) is 12.0 Å². The SMILES string of the molecule is Cc1ccc(/N=C(\NCCc2ccccc2)c2ccco2)cc1. The first-order chi connectivity index (χ1) is 11.3. The third kappa shape index (κ3) is 4.33. The van der Waals surface area contributed by atoms with Gasteiger partial charge >= 0.3 is 0 Å². The van der Waals surface area contributed by atoms with Crippen LogP contribution in [-0.4, -0.2) is 12.4 Å². The van der Waals surface area contributed by atoms with Gasteiger partial charge in [0.15, 0.2) is 11.6 Å². The lowest BCUT2D eigenvalue weighted by Gasteiger charge is -2.08. The summed E-state index contributed by atoms with van der Waals surface area (Å²) >= 11 is 0. The van der Waals surface area contributed by atoms with Gasteiger partial charge in [-0.3, -0.25) is 0 Å². The fraction of sp³-hybridized carbons (Fsp3) is 0.150. The van der Waals surface area contributed by atoms with Crippen LogP contribution in [0.25, 0.3) is 0 Å². The molecule has 2 aromatic carbocycles. The summed E-state index contributed by atoms with van der Waals surface area (Å²) in [5, 5.41) is 3.39. The standard InChI is InChI=1S/C20H20N2O/c1-16-9-11-18(12-10-16)22-20(19-8-5-15-23-19)21-14-13-17-6-3-2-4-7-17/h2-12,15H,13-14H2,1H3,(H,21,22). The average Bonchev–Trinajstić information content (AvgIpc) is 3.11. The van der Waals surface area contributed by atoms with Crippen LogP contribution in [0.15, 0.2) is 82.4 Å². The van der Waals surface area contributed by atoms with Gasteiger partial charge in [-0.05, 0) is 43.2 Å². The van der Waals surface area contributed by atoms with Crippen molar-refractivity contribution in [2.75, 3.05) is 6.54 Å². The summed E-state index contributed by atoms with van der Waals surface area (Å²) in [6.07, 6.45) is 2.60.